The van der Waals surface area contributed by atoms with Gasteiger partial charge in [0.15, 0.2) is 0 Å². The van der Waals surface area contributed by atoms with Gasteiger partial charge in [-0.15, -0.1) is 0 Å². The molecule has 0 bridgehead atoms. The van der Waals surface area contributed by atoms with Crippen molar-refractivity contribution in [2.24, 2.45) is 0 Å². The number of hydrogen-bond acceptors (Lipinski definition) is 4. The Bertz CT molecular complexity index is 8410. The number of benzene rings is 19. The monoisotopic (exact) mass is 1620 g/mol. The fourth-order valence-corrected chi connectivity index (χ4v) is 21.9. The Morgan fingerprint density at radius 2 is 0.528 bits per heavy atom. The molecule has 0 spiro atoms. The molecular weight excluding hydrogens is 1530 g/mol. The van der Waals surface area contributed by atoms with E-state index in [4.69, 9.17) is 19.9 Å². The van der Waals surface area contributed by atoms with Gasteiger partial charge in [-0.25, -0.2) is 9.97 Å². The third-order valence-electron chi connectivity index (χ3n) is 28.0. The Morgan fingerprint density at radius 3 is 0.992 bits per heavy atom. The third-order valence-corrected chi connectivity index (χ3v) is 28.0. The largest absolute Gasteiger partial charge is 0.253 e. The minimum atomic E-state index is -0.0632. The number of nitrogens with zero attached hydrogens (tertiary/aromatic N) is 4. The molecule has 19 aromatic carbocycles. The molecule has 3 heterocycles. The highest BCUT2D eigenvalue weighted by molar-refractivity contribution is 6.25. The van der Waals surface area contributed by atoms with Gasteiger partial charge in [-0.2, -0.15) is 0 Å². The summed E-state index contributed by atoms with van der Waals surface area (Å²) in [5, 5.41) is 17.3. The number of fused-ring (bicyclic) bond motifs is 18. The highest BCUT2D eigenvalue weighted by Gasteiger charge is 2.39. The molecule has 0 saturated heterocycles. The topological polar surface area (TPSA) is 51.6 Å². The van der Waals surface area contributed by atoms with E-state index < -0.39 is 0 Å². The van der Waals surface area contributed by atoms with Gasteiger partial charge < -0.3 is 0 Å². The molecule has 0 saturated carbocycles. The first-order valence-corrected chi connectivity index (χ1v) is 44.5. The van der Waals surface area contributed by atoms with Gasteiger partial charge in [0.05, 0.1) is 39.7 Å². The van der Waals surface area contributed by atoms with Gasteiger partial charge >= 0.3 is 0 Å². The first kappa shape index (κ1) is 76.8. The molecule has 127 heavy (non-hydrogen) atoms. The molecule has 0 fully saturated rings. The zero-order chi connectivity index (χ0) is 85.9. The second-order valence-corrected chi connectivity index (χ2v) is 36.9. The summed E-state index contributed by atoms with van der Waals surface area (Å²) in [6, 6.07) is 136. The lowest BCUT2D eigenvalue weighted by Gasteiger charge is -2.23. The quantitative estimate of drug-likeness (QED) is 0.149. The number of hydrogen-bond donors (Lipinski definition) is 0. The van der Waals surface area contributed by atoms with E-state index >= 15 is 0 Å². The van der Waals surface area contributed by atoms with Crippen molar-refractivity contribution in [2.75, 3.05) is 0 Å². The van der Waals surface area contributed by atoms with E-state index in [1.165, 1.54) is 220 Å². The van der Waals surface area contributed by atoms with Crippen LogP contribution in [0.15, 0.2) is 376 Å². The molecule has 0 amide bonds. The molecule has 0 aliphatic heterocycles. The fourth-order valence-electron chi connectivity index (χ4n) is 21.9. The van der Waals surface area contributed by atoms with Crippen LogP contribution in [0.1, 0.15) is 97.3 Å². The predicted molar refractivity (Wildman–Crippen MR) is 538 cm³/mol. The van der Waals surface area contributed by atoms with E-state index in [1.807, 2.05) is 37.4 Å². The first-order valence-electron chi connectivity index (χ1n) is 44.5. The lowest BCUT2D eigenvalue weighted by atomic mass is 9.80. The van der Waals surface area contributed by atoms with Gasteiger partial charge in [0.1, 0.15) is 0 Å². The molecule has 4 heteroatoms. The summed E-state index contributed by atoms with van der Waals surface area (Å²) in [6.45, 7) is 22.8. The van der Waals surface area contributed by atoms with Crippen LogP contribution in [-0.4, -0.2) is 19.9 Å². The van der Waals surface area contributed by atoms with Crippen molar-refractivity contribution in [3.63, 3.8) is 0 Å². The summed E-state index contributed by atoms with van der Waals surface area (Å²) >= 11 is 0. The highest BCUT2D eigenvalue weighted by atomic mass is 14.8. The highest BCUT2D eigenvalue weighted by Crippen LogP contribution is 2.57. The first-order chi connectivity index (χ1) is 61.9. The molecule has 0 N–H and O–H groups in total. The van der Waals surface area contributed by atoms with Crippen LogP contribution in [0.5, 0.6) is 0 Å². The Kier molecular flexibility index (Phi) is 17.9. The van der Waals surface area contributed by atoms with Crippen molar-refractivity contribution >= 4 is 97.5 Å². The number of aryl methyl sites for hydroxylation is 4. The molecule has 3 aromatic heterocycles. The molecule has 3 aliphatic rings. The smallest absolute Gasteiger partial charge is 0.0905 e. The zero-order valence-electron chi connectivity index (χ0n) is 73.1. The Morgan fingerprint density at radius 1 is 0.189 bits per heavy atom. The molecule has 604 valence electrons. The summed E-state index contributed by atoms with van der Waals surface area (Å²) in [4.78, 5) is 20.0. The molecule has 22 aromatic rings. The van der Waals surface area contributed by atoms with Crippen molar-refractivity contribution < 1.29 is 0 Å². The van der Waals surface area contributed by atoms with Crippen molar-refractivity contribution in [3.05, 3.63) is 432 Å². The van der Waals surface area contributed by atoms with E-state index in [2.05, 4.69) is 408 Å². The fraction of sp³-hybridized carbons (Fsp3) is 0.106. The summed E-state index contributed by atoms with van der Waals surface area (Å²) < 4.78 is 0. The second kappa shape index (κ2) is 29.6. The van der Waals surface area contributed by atoms with Gasteiger partial charge in [0.2, 0.25) is 0 Å². The molecule has 3 aliphatic carbocycles. The average molecular weight is 1630 g/mol. The van der Waals surface area contributed by atoms with Crippen LogP contribution in [0.2, 0.25) is 0 Å². The summed E-state index contributed by atoms with van der Waals surface area (Å²) in [7, 11) is 0. The normalized spacial score (nSPS) is 13.5. The third kappa shape index (κ3) is 12.4. The van der Waals surface area contributed by atoms with Crippen molar-refractivity contribution in [2.45, 2.75) is 85.5 Å². The number of pyridine rings is 2. The standard InChI is InChI=1S/C45H33N.C40H31N.C38H28N2/c1-28-21-23-36-38(25-28)43(30-22-24-32-31-15-9-11-19-39(31)45(2,3)40(32)26-30)34-17-7-8-18-35(34)44(36)42-27-37(29-13-5-4-6-14-29)33-16-10-12-20-41(33)46-42;1-24-13-18-33-34(21-24)39(28-16-19-30-29-9-7-8-12-35(29)40(3,4)36(30)23-28)32-11-6-5-10-31(32)38(33)27-17-20-37-26(22-27)15-14-25(2)41-37;1-23-16-18-29-30(20-23)36(24-17-19-26-25-10-6-7-13-31(25)38(2,3)32(26)21-24)27-11-4-5-12-28(27)37(29)35-22-39-33-14-8-9-15-34(33)40-35/h4-27H,1-3H3;5-23H,1-4H3;4-22H,1-3H3. The van der Waals surface area contributed by atoms with Crippen LogP contribution in [0, 0.1) is 27.7 Å². The predicted octanol–water partition coefficient (Wildman–Crippen LogP) is 32.8. The maximum atomic E-state index is 5.35. The number of aromatic nitrogens is 4. The lowest BCUT2D eigenvalue weighted by molar-refractivity contribution is 0.660. The van der Waals surface area contributed by atoms with Crippen LogP contribution in [0.3, 0.4) is 0 Å². The number of para-hydroxylation sites is 3. The maximum absolute atomic E-state index is 5.35. The maximum Gasteiger partial charge on any atom is 0.0905 e. The lowest BCUT2D eigenvalue weighted by Crippen LogP contribution is -2.14. The molecule has 0 radical (unpaired) electrons. The van der Waals surface area contributed by atoms with E-state index in [-0.39, 0.29) is 16.2 Å². The second-order valence-electron chi connectivity index (χ2n) is 36.9. The molecule has 25 rings (SSSR count). The summed E-state index contributed by atoms with van der Waals surface area (Å²) in [5.41, 5.74) is 41.9. The Balaban J connectivity index is 0.000000110. The number of rotatable bonds is 7. The van der Waals surface area contributed by atoms with Crippen LogP contribution in [0.25, 0.3) is 209 Å². The summed E-state index contributed by atoms with van der Waals surface area (Å²) in [6.07, 6.45) is 1.93. The van der Waals surface area contributed by atoms with Crippen LogP contribution in [-0.2, 0) is 16.2 Å². The van der Waals surface area contributed by atoms with E-state index in [1.54, 1.807) is 0 Å². The SMILES string of the molecule is Cc1ccc2c(-c3cc(-c4ccccc4)c4ccccc4n3)c3ccccc3c(-c3ccc4c(c3)C(C)(C)c3ccccc3-4)c2c1.Cc1ccc2c(-c3ccc4nc(C)ccc4c3)c3ccccc3c(-c3ccc4c(c3)C(C)(C)c3ccccc3-4)c2c1.Cc1ccc2c(-c3cnc4ccccc4n3)c3ccccc3c(-c3ccc4c(c3)C(C)(C)c3ccccc3-4)c2c1. The van der Waals surface area contributed by atoms with Crippen molar-refractivity contribution in [3.8, 4) is 112 Å². The van der Waals surface area contributed by atoms with Crippen LogP contribution < -0.4 is 0 Å². The van der Waals surface area contributed by atoms with Gasteiger partial charge in [0, 0.05) is 43.8 Å². The van der Waals surface area contributed by atoms with Gasteiger partial charge in [-0.1, -0.05) is 368 Å². The van der Waals surface area contributed by atoms with Crippen LogP contribution >= 0.6 is 0 Å². The van der Waals surface area contributed by atoms with Gasteiger partial charge in [0.25, 0.3) is 0 Å². The van der Waals surface area contributed by atoms with E-state index in [9.17, 15) is 0 Å². The Hall–Kier alpha value is -15.1. The molecule has 4 nitrogen and oxygen atoms in total. The van der Waals surface area contributed by atoms with E-state index in [0.717, 1.165) is 44.7 Å². The van der Waals surface area contributed by atoms with Crippen molar-refractivity contribution in [1.82, 2.24) is 19.9 Å². The Labute approximate surface area is 741 Å². The minimum Gasteiger partial charge on any atom is -0.253 e. The van der Waals surface area contributed by atoms with Gasteiger partial charge in [-0.05, 0) is 275 Å². The molecule has 0 unspecified atom stereocenters. The van der Waals surface area contributed by atoms with Crippen molar-refractivity contribution in [1.29, 1.82) is 0 Å². The summed E-state index contributed by atoms with van der Waals surface area (Å²) in [5.74, 6) is 0. The molecular formula is C123H92N4. The minimum absolute atomic E-state index is 0.0408. The zero-order valence-corrected chi connectivity index (χ0v) is 73.1. The van der Waals surface area contributed by atoms with Crippen LogP contribution in [0.4, 0.5) is 0 Å². The van der Waals surface area contributed by atoms with E-state index in [0.29, 0.717) is 0 Å². The molecule has 0 atom stereocenters. The average Bonchev–Trinajstić information content (AvgIpc) is 1.71. The van der Waals surface area contributed by atoms with Gasteiger partial charge in [-0.3, -0.25) is 9.97 Å².